The van der Waals surface area contributed by atoms with Gasteiger partial charge in [-0.05, 0) is 0 Å². The van der Waals surface area contributed by atoms with Crippen molar-refractivity contribution in [2.45, 2.75) is 13.0 Å². The lowest BCUT2D eigenvalue weighted by atomic mass is 10.3. The number of hydrogen-bond acceptors (Lipinski definition) is 5. The van der Waals surface area contributed by atoms with E-state index in [1.54, 1.807) is 12.4 Å². The SMILES string of the molecule is O=C(O)CC[n+]1ccc(-c2nc3nccnc3s2)cc1. The van der Waals surface area contributed by atoms with Gasteiger partial charge in [0.05, 0.1) is 0 Å². The van der Waals surface area contributed by atoms with E-state index in [9.17, 15) is 4.79 Å². The summed E-state index contributed by atoms with van der Waals surface area (Å²) in [5.41, 5.74) is 1.62. The Hall–Kier alpha value is -2.41. The zero-order valence-electron chi connectivity index (χ0n) is 10.4. The van der Waals surface area contributed by atoms with Gasteiger partial charge in [0.15, 0.2) is 29.4 Å². The predicted octanol–water partition coefficient (Wildman–Crippen LogP) is 1.52. The number of pyridine rings is 1. The molecule has 0 unspecified atom stereocenters. The Morgan fingerprint density at radius 3 is 2.70 bits per heavy atom. The highest BCUT2D eigenvalue weighted by atomic mass is 32.1. The highest BCUT2D eigenvalue weighted by Gasteiger charge is 2.10. The van der Waals surface area contributed by atoms with Crippen molar-refractivity contribution in [3.8, 4) is 10.6 Å². The summed E-state index contributed by atoms with van der Waals surface area (Å²) in [5, 5.41) is 9.51. The van der Waals surface area contributed by atoms with Gasteiger partial charge in [0, 0.05) is 30.1 Å². The maximum atomic E-state index is 10.5. The smallest absolute Gasteiger partial charge is 0.309 e. The highest BCUT2D eigenvalue weighted by molar-refractivity contribution is 7.21. The van der Waals surface area contributed by atoms with Gasteiger partial charge >= 0.3 is 5.97 Å². The summed E-state index contributed by atoms with van der Waals surface area (Å²) in [5.74, 6) is -0.801. The van der Waals surface area contributed by atoms with Crippen LogP contribution in [0.5, 0.6) is 0 Å². The molecule has 0 spiro atoms. The van der Waals surface area contributed by atoms with Gasteiger partial charge in [-0.15, -0.1) is 0 Å². The third-order valence-electron chi connectivity index (χ3n) is 2.77. The molecule has 3 aromatic heterocycles. The number of nitrogens with zero attached hydrogens (tertiary/aromatic N) is 4. The second-order valence-electron chi connectivity index (χ2n) is 4.17. The van der Waals surface area contributed by atoms with E-state index in [0.717, 1.165) is 15.4 Å². The van der Waals surface area contributed by atoms with Crippen LogP contribution in [0.15, 0.2) is 36.9 Å². The van der Waals surface area contributed by atoms with Crippen molar-refractivity contribution in [2.24, 2.45) is 0 Å². The minimum absolute atomic E-state index is 0.110. The minimum atomic E-state index is -0.801. The summed E-state index contributed by atoms with van der Waals surface area (Å²) >= 11 is 1.49. The summed E-state index contributed by atoms with van der Waals surface area (Å²) in [6, 6.07) is 3.83. The molecule has 6 nitrogen and oxygen atoms in total. The summed E-state index contributed by atoms with van der Waals surface area (Å²) in [7, 11) is 0. The molecule has 0 bridgehead atoms. The molecule has 20 heavy (non-hydrogen) atoms. The first-order valence-electron chi connectivity index (χ1n) is 6.01. The molecule has 0 aliphatic rings. The molecular formula is C13H11N4O2S+. The quantitative estimate of drug-likeness (QED) is 0.736. The summed E-state index contributed by atoms with van der Waals surface area (Å²) in [6.07, 6.45) is 7.08. The van der Waals surface area contributed by atoms with E-state index in [0.29, 0.717) is 12.2 Å². The molecule has 0 saturated carbocycles. The largest absolute Gasteiger partial charge is 0.481 e. The molecule has 0 atom stereocenters. The van der Waals surface area contributed by atoms with Crippen LogP contribution in [0.4, 0.5) is 0 Å². The number of aliphatic carboxylic acids is 1. The van der Waals surface area contributed by atoms with Gasteiger partial charge in [-0.1, -0.05) is 11.3 Å². The Kier molecular flexibility index (Phi) is 3.34. The number of thiazole rings is 1. The van der Waals surface area contributed by atoms with Crippen LogP contribution in [0.1, 0.15) is 6.42 Å². The Labute approximate surface area is 118 Å². The summed E-state index contributed by atoms with van der Waals surface area (Å²) in [6.45, 7) is 0.457. The molecule has 100 valence electrons. The van der Waals surface area contributed by atoms with Gasteiger partial charge in [-0.2, -0.15) is 0 Å². The van der Waals surface area contributed by atoms with Gasteiger partial charge in [0.2, 0.25) is 0 Å². The third kappa shape index (κ3) is 2.62. The van der Waals surface area contributed by atoms with Crippen LogP contribution in [0.3, 0.4) is 0 Å². The van der Waals surface area contributed by atoms with Gasteiger partial charge in [-0.3, -0.25) is 4.79 Å². The second kappa shape index (κ2) is 5.30. The number of hydrogen-bond donors (Lipinski definition) is 1. The molecule has 0 amide bonds. The van der Waals surface area contributed by atoms with Gasteiger partial charge < -0.3 is 5.11 Å². The second-order valence-corrected chi connectivity index (χ2v) is 5.15. The zero-order chi connectivity index (χ0) is 13.9. The zero-order valence-corrected chi connectivity index (χ0v) is 11.2. The molecule has 0 aromatic carbocycles. The standard InChI is InChI=1S/C13H10N4O2S/c18-10(19)3-8-17-6-1-9(2-7-17)12-16-11-13(20-12)15-5-4-14-11/h1-2,4-7H,3,8H2/p+1. The molecule has 0 saturated heterocycles. The fourth-order valence-electron chi connectivity index (χ4n) is 1.77. The average Bonchev–Trinajstić information content (AvgIpc) is 2.89. The lowest BCUT2D eigenvalue weighted by Crippen LogP contribution is -2.33. The summed E-state index contributed by atoms with van der Waals surface area (Å²) in [4.78, 5) is 24.1. The van der Waals surface area contributed by atoms with Crippen LogP contribution in [0, 0.1) is 0 Å². The Morgan fingerprint density at radius 2 is 2.00 bits per heavy atom. The first-order chi connectivity index (χ1) is 9.72. The van der Waals surface area contributed by atoms with E-state index < -0.39 is 5.97 Å². The van der Waals surface area contributed by atoms with Gasteiger partial charge in [0.25, 0.3) is 0 Å². The Morgan fingerprint density at radius 1 is 1.25 bits per heavy atom. The molecule has 1 N–H and O–H groups in total. The molecule has 3 aromatic rings. The van der Waals surface area contributed by atoms with E-state index in [1.807, 2.05) is 29.1 Å². The van der Waals surface area contributed by atoms with E-state index in [-0.39, 0.29) is 6.42 Å². The van der Waals surface area contributed by atoms with Gasteiger partial charge in [0.1, 0.15) is 11.4 Å². The van der Waals surface area contributed by atoms with Crippen LogP contribution < -0.4 is 4.57 Å². The maximum Gasteiger partial charge on any atom is 0.309 e. The first kappa shape index (κ1) is 12.6. The minimum Gasteiger partial charge on any atom is -0.481 e. The Balaban J connectivity index is 1.85. The number of aryl methyl sites for hydroxylation is 1. The summed E-state index contributed by atoms with van der Waals surface area (Å²) < 4.78 is 1.83. The van der Waals surface area contributed by atoms with E-state index >= 15 is 0 Å². The van der Waals surface area contributed by atoms with Crippen LogP contribution in [-0.2, 0) is 11.3 Å². The van der Waals surface area contributed by atoms with Crippen molar-refractivity contribution in [2.75, 3.05) is 0 Å². The molecular weight excluding hydrogens is 276 g/mol. The van der Waals surface area contributed by atoms with E-state index in [2.05, 4.69) is 15.0 Å². The predicted molar refractivity (Wildman–Crippen MR) is 73.1 cm³/mol. The molecule has 0 aliphatic heterocycles. The van der Waals surface area contributed by atoms with Crippen LogP contribution >= 0.6 is 11.3 Å². The van der Waals surface area contributed by atoms with Crippen LogP contribution in [0.2, 0.25) is 0 Å². The van der Waals surface area contributed by atoms with Crippen molar-refractivity contribution < 1.29 is 14.5 Å². The highest BCUT2D eigenvalue weighted by Crippen LogP contribution is 2.26. The van der Waals surface area contributed by atoms with Crippen molar-refractivity contribution in [1.29, 1.82) is 0 Å². The average molecular weight is 287 g/mol. The van der Waals surface area contributed by atoms with Crippen molar-refractivity contribution in [1.82, 2.24) is 15.0 Å². The topological polar surface area (TPSA) is 79.9 Å². The van der Waals surface area contributed by atoms with Crippen molar-refractivity contribution in [3.05, 3.63) is 36.9 Å². The first-order valence-corrected chi connectivity index (χ1v) is 6.83. The molecule has 7 heteroatoms. The number of carboxylic acids is 1. The number of carboxylic acid groups (broad SMARTS) is 1. The van der Waals surface area contributed by atoms with Crippen molar-refractivity contribution >= 4 is 27.8 Å². The lowest BCUT2D eigenvalue weighted by molar-refractivity contribution is -0.695. The molecule has 3 heterocycles. The van der Waals surface area contributed by atoms with Gasteiger partial charge in [-0.25, -0.2) is 19.5 Å². The molecule has 3 rings (SSSR count). The Bertz CT molecular complexity index is 721. The number of rotatable bonds is 4. The van der Waals surface area contributed by atoms with E-state index in [1.165, 1.54) is 11.3 Å². The molecule has 0 radical (unpaired) electrons. The van der Waals surface area contributed by atoms with Crippen LogP contribution in [0.25, 0.3) is 21.0 Å². The fraction of sp³-hybridized carbons (Fsp3) is 0.154. The number of fused-ring (bicyclic) bond motifs is 1. The third-order valence-corrected chi connectivity index (χ3v) is 3.77. The van der Waals surface area contributed by atoms with E-state index in [4.69, 9.17) is 5.11 Å². The number of aromatic nitrogens is 4. The lowest BCUT2D eigenvalue weighted by Gasteiger charge is -1.96. The van der Waals surface area contributed by atoms with Crippen molar-refractivity contribution in [3.63, 3.8) is 0 Å². The molecule has 0 fully saturated rings. The fourth-order valence-corrected chi connectivity index (χ4v) is 2.65. The maximum absolute atomic E-state index is 10.5. The van der Waals surface area contributed by atoms with Crippen LogP contribution in [-0.4, -0.2) is 26.0 Å². The monoisotopic (exact) mass is 287 g/mol. The normalized spacial score (nSPS) is 10.8. The molecule has 0 aliphatic carbocycles. The number of carbonyl (C=O) groups is 1.